The Morgan fingerprint density at radius 3 is 2.78 bits per heavy atom. The molecule has 7 heteroatoms. The van der Waals surface area contributed by atoms with Crippen LogP contribution in [0.5, 0.6) is 0 Å². The summed E-state index contributed by atoms with van der Waals surface area (Å²) >= 11 is 0. The second-order valence-electron chi connectivity index (χ2n) is 5.48. The Morgan fingerprint density at radius 2 is 2.04 bits per heavy atom. The van der Waals surface area contributed by atoms with Crippen LogP contribution in [0.2, 0.25) is 0 Å². The van der Waals surface area contributed by atoms with Crippen molar-refractivity contribution in [3.63, 3.8) is 0 Å². The van der Waals surface area contributed by atoms with Crippen molar-refractivity contribution in [1.82, 2.24) is 10.6 Å². The number of halogens is 4. The molecule has 2 aliphatic rings. The maximum absolute atomic E-state index is 13.3. The number of rotatable bonds is 2. The summed E-state index contributed by atoms with van der Waals surface area (Å²) in [6.45, 7) is 2.37. The molecule has 1 aromatic rings. The minimum absolute atomic E-state index is 0.0436. The molecule has 1 atom stereocenters. The minimum Gasteiger partial charge on any atom is -0.389 e. The van der Waals surface area contributed by atoms with E-state index in [1.807, 2.05) is 0 Å². The van der Waals surface area contributed by atoms with Crippen LogP contribution in [0.4, 0.5) is 17.6 Å². The molecule has 0 bridgehead atoms. The van der Waals surface area contributed by atoms with E-state index in [-0.39, 0.29) is 5.56 Å². The number of fused-ring (bicyclic) bond motifs is 1. The second kappa shape index (κ2) is 5.72. The molecule has 2 aliphatic heterocycles. The highest BCUT2D eigenvalue weighted by atomic mass is 19.4. The lowest BCUT2D eigenvalue weighted by Gasteiger charge is -2.28. The van der Waals surface area contributed by atoms with E-state index in [0.717, 1.165) is 11.6 Å². The van der Waals surface area contributed by atoms with Crippen LogP contribution in [0.1, 0.15) is 30.4 Å². The second-order valence-corrected chi connectivity index (χ2v) is 5.48. The van der Waals surface area contributed by atoms with Crippen LogP contribution >= 0.6 is 0 Å². The van der Waals surface area contributed by atoms with E-state index in [9.17, 15) is 17.6 Å². The molecule has 0 saturated heterocycles. The molecule has 0 fully saturated rings. The summed E-state index contributed by atoms with van der Waals surface area (Å²) in [5.41, 5.74) is 1.37. The summed E-state index contributed by atoms with van der Waals surface area (Å²) in [6.07, 6.45) is -0.728. The van der Waals surface area contributed by atoms with Crippen molar-refractivity contribution in [2.45, 2.75) is 25.4 Å². The Balaban J connectivity index is 2.08. The zero-order valence-electron chi connectivity index (χ0n) is 12.3. The first-order chi connectivity index (χ1) is 10.9. The first-order valence-corrected chi connectivity index (χ1v) is 7.20. The summed E-state index contributed by atoms with van der Waals surface area (Å²) in [7, 11) is 0. The number of aliphatic imine (C=N–C) groups is 1. The standard InChI is InChI=1S/C16H15F4N3/c1-9(11-3-2-10(17)6-13(11)16(18,19)20)15-12-4-5-21-7-14(12)22-8-23-15/h2-3,6-9,21H,4-5H2,1H3,(H,22,23). The largest absolute Gasteiger partial charge is 0.416 e. The Morgan fingerprint density at radius 1 is 1.26 bits per heavy atom. The van der Waals surface area contributed by atoms with Crippen molar-refractivity contribution in [2.24, 2.45) is 4.99 Å². The predicted molar refractivity (Wildman–Crippen MR) is 79.2 cm³/mol. The summed E-state index contributed by atoms with van der Waals surface area (Å²) in [5.74, 6) is -1.46. The van der Waals surface area contributed by atoms with E-state index >= 15 is 0 Å². The quantitative estimate of drug-likeness (QED) is 0.814. The highest BCUT2D eigenvalue weighted by Crippen LogP contribution is 2.39. The number of alkyl halides is 3. The molecule has 0 spiro atoms. The molecule has 0 aliphatic carbocycles. The van der Waals surface area contributed by atoms with E-state index in [1.165, 1.54) is 12.4 Å². The van der Waals surface area contributed by atoms with Gasteiger partial charge in [-0.1, -0.05) is 13.0 Å². The van der Waals surface area contributed by atoms with Crippen LogP contribution in [0.25, 0.3) is 0 Å². The average Bonchev–Trinajstić information content (AvgIpc) is 2.53. The van der Waals surface area contributed by atoms with Gasteiger partial charge in [0.25, 0.3) is 0 Å². The maximum Gasteiger partial charge on any atom is 0.416 e. The van der Waals surface area contributed by atoms with E-state index in [2.05, 4.69) is 15.6 Å². The number of allylic oxidation sites excluding steroid dienone is 2. The van der Waals surface area contributed by atoms with Gasteiger partial charge in [-0.15, -0.1) is 0 Å². The molecule has 2 heterocycles. The molecule has 3 rings (SSSR count). The molecule has 0 aromatic heterocycles. The highest BCUT2D eigenvalue weighted by molar-refractivity contribution is 5.66. The van der Waals surface area contributed by atoms with Gasteiger partial charge in [0.1, 0.15) is 5.82 Å². The summed E-state index contributed by atoms with van der Waals surface area (Å²) < 4.78 is 53.0. The fourth-order valence-corrected chi connectivity index (χ4v) is 2.92. The highest BCUT2D eigenvalue weighted by Gasteiger charge is 2.36. The van der Waals surface area contributed by atoms with Crippen molar-refractivity contribution >= 4 is 6.34 Å². The van der Waals surface area contributed by atoms with Crippen LogP contribution in [0.3, 0.4) is 0 Å². The van der Waals surface area contributed by atoms with Gasteiger partial charge in [-0.2, -0.15) is 13.2 Å². The van der Waals surface area contributed by atoms with E-state index in [4.69, 9.17) is 0 Å². The van der Waals surface area contributed by atoms with Crippen molar-refractivity contribution in [1.29, 1.82) is 0 Å². The molecular formula is C16H15F4N3. The minimum atomic E-state index is -4.60. The lowest BCUT2D eigenvalue weighted by molar-refractivity contribution is -0.138. The van der Waals surface area contributed by atoms with Gasteiger partial charge in [0.05, 0.1) is 17.6 Å². The average molecular weight is 325 g/mol. The first-order valence-electron chi connectivity index (χ1n) is 7.20. The summed E-state index contributed by atoms with van der Waals surface area (Å²) in [5, 5.41) is 6.03. The molecule has 1 aromatic carbocycles. The number of benzene rings is 1. The molecule has 1 unspecified atom stereocenters. The number of nitrogens with one attached hydrogen (secondary N) is 2. The third-order valence-electron chi connectivity index (χ3n) is 4.04. The normalized spacial score (nSPS) is 18.7. The number of hydrogen-bond acceptors (Lipinski definition) is 3. The molecule has 0 amide bonds. The lowest BCUT2D eigenvalue weighted by atomic mass is 9.88. The molecule has 0 radical (unpaired) electrons. The van der Waals surface area contributed by atoms with Gasteiger partial charge in [-0.25, -0.2) is 9.38 Å². The molecule has 2 N–H and O–H groups in total. The van der Waals surface area contributed by atoms with Crippen molar-refractivity contribution in [3.05, 3.63) is 58.3 Å². The topological polar surface area (TPSA) is 36.4 Å². The van der Waals surface area contributed by atoms with Gasteiger partial charge < -0.3 is 10.6 Å². The van der Waals surface area contributed by atoms with Gasteiger partial charge in [0.2, 0.25) is 0 Å². The van der Waals surface area contributed by atoms with Crippen molar-refractivity contribution in [3.8, 4) is 0 Å². The van der Waals surface area contributed by atoms with Crippen LogP contribution in [0, 0.1) is 5.82 Å². The van der Waals surface area contributed by atoms with Crippen LogP contribution in [-0.4, -0.2) is 12.9 Å². The van der Waals surface area contributed by atoms with Gasteiger partial charge >= 0.3 is 6.18 Å². The predicted octanol–water partition coefficient (Wildman–Crippen LogP) is 3.67. The fraction of sp³-hybridized carbons (Fsp3) is 0.312. The van der Waals surface area contributed by atoms with E-state index in [0.29, 0.717) is 30.4 Å². The fourth-order valence-electron chi connectivity index (χ4n) is 2.92. The molecule has 0 saturated carbocycles. The molecule has 23 heavy (non-hydrogen) atoms. The van der Waals surface area contributed by atoms with Crippen molar-refractivity contribution < 1.29 is 17.6 Å². The molecular weight excluding hydrogens is 310 g/mol. The smallest absolute Gasteiger partial charge is 0.389 e. The maximum atomic E-state index is 13.3. The van der Waals surface area contributed by atoms with Gasteiger partial charge in [0.15, 0.2) is 0 Å². The number of hydrogen-bond donors (Lipinski definition) is 2. The Kier molecular flexibility index (Phi) is 3.87. The van der Waals surface area contributed by atoms with Gasteiger partial charge in [0, 0.05) is 29.9 Å². The third-order valence-corrected chi connectivity index (χ3v) is 4.04. The van der Waals surface area contributed by atoms with E-state index < -0.39 is 23.5 Å². The zero-order chi connectivity index (χ0) is 16.6. The SMILES string of the molecule is CC(C1=C2CCNC=C2N=CN1)c1ccc(F)cc1C(F)(F)F. The van der Waals surface area contributed by atoms with Crippen molar-refractivity contribution in [2.75, 3.05) is 6.54 Å². The van der Waals surface area contributed by atoms with E-state index in [1.54, 1.807) is 13.1 Å². The van der Waals surface area contributed by atoms with Crippen LogP contribution in [0.15, 0.2) is 46.4 Å². The first kappa shape index (κ1) is 15.6. The van der Waals surface area contributed by atoms with Crippen LogP contribution in [-0.2, 0) is 6.18 Å². The van der Waals surface area contributed by atoms with Gasteiger partial charge in [-0.3, -0.25) is 0 Å². The lowest BCUT2D eigenvalue weighted by Crippen LogP contribution is -2.28. The number of nitrogens with zero attached hydrogens (tertiary/aromatic N) is 1. The van der Waals surface area contributed by atoms with Gasteiger partial charge in [-0.05, 0) is 24.1 Å². The summed E-state index contributed by atoms with van der Waals surface area (Å²) in [6, 6.07) is 2.81. The Hall–Kier alpha value is -2.31. The molecule has 122 valence electrons. The Labute approximate surface area is 130 Å². The molecule has 3 nitrogen and oxygen atoms in total. The van der Waals surface area contributed by atoms with Crippen LogP contribution < -0.4 is 10.6 Å². The summed E-state index contributed by atoms with van der Waals surface area (Å²) in [4.78, 5) is 4.19. The monoisotopic (exact) mass is 325 g/mol. The zero-order valence-corrected chi connectivity index (χ0v) is 12.3. The Bertz CT molecular complexity index is 717. The third kappa shape index (κ3) is 2.95.